The molecular weight excluding hydrogens is 673 g/mol. The molecule has 0 bridgehead atoms. The van der Waals surface area contributed by atoms with Crippen molar-refractivity contribution in [2.45, 2.75) is 57.9 Å². The second kappa shape index (κ2) is 15.2. The lowest BCUT2D eigenvalue weighted by molar-refractivity contribution is 0.0705. The quantitative estimate of drug-likeness (QED) is 0.322. The highest BCUT2D eigenvalue weighted by Crippen LogP contribution is 2.33. The Morgan fingerprint density at radius 3 is 2.35 bits per heavy atom. The van der Waals surface area contributed by atoms with Crippen LogP contribution in [0.5, 0.6) is 11.5 Å². The van der Waals surface area contributed by atoms with Crippen LogP contribution < -0.4 is 14.4 Å². The number of likely N-dealkylation sites (tertiary alicyclic amines) is 1. The molecule has 0 saturated carbocycles. The largest absolute Gasteiger partial charge is 0.496 e. The van der Waals surface area contributed by atoms with Gasteiger partial charge in [-0.05, 0) is 62.4 Å². The molecule has 0 aliphatic carbocycles. The second-order valence-electron chi connectivity index (χ2n) is 13.6. The zero-order valence-electron chi connectivity index (χ0n) is 29.3. The molecule has 0 atom stereocenters. The van der Waals surface area contributed by atoms with Gasteiger partial charge in [-0.2, -0.15) is 17.0 Å². The minimum atomic E-state index is -3.56. The zero-order chi connectivity index (χ0) is 35.5. The summed E-state index contributed by atoms with van der Waals surface area (Å²) in [5.74, 6) is 0.863. The third-order valence-electron chi connectivity index (χ3n) is 10.5. The van der Waals surface area contributed by atoms with Crippen LogP contribution in [0, 0.1) is 6.92 Å². The number of aromatic nitrogens is 1. The molecule has 0 spiro atoms. The van der Waals surface area contributed by atoms with Crippen LogP contribution in [-0.4, -0.2) is 115 Å². The van der Waals surface area contributed by atoms with Crippen LogP contribution in [0.3, 0.4) is 0 Å². The SMILES string of the molecule is COc1cc(OC2CCN(S(=O)(=O)N3CCN(Cc4cccnc4C)CC3)CC2)ccc1C(=O)N1CCC(N2C(=O)OCc3ccccc32)CC1. The fourth-order valence-electron chi connectivity index (χ4n) is 7.52. The lowest BCUT2D eigenvalue weighted by atomic mass is 10.00. The Bertz CT molecular complexity index is 1830. The van der Waals surface area contributed by atoms with Gasteiger partial charge in [-0.25, -0.2) is 4.79 Å². The topological polar surface area (TPSA) is 125 Å². The Morgan fingerprint density at radius 2 is 1.63 bits per heavy atom. The van der Waals surface area contributed by atoms with Crippen LogP contribution in [0.15, 0.2) is 60.8 Å². The maximum atomic E-state index is 13.6. The number of piperazine rings is 1. The Balaban J connectivity index is 0.896. The smallest absolute Gasteiger partial charge is 0.414 e. The predicted octanol–water partition coefficient (Wildman–Crippen LogP) is 4.07. The second-order valence-corrected chi connectivity index (χ2v) is 15.5. The molecular formula is C37H46N6O7S. The summed E-state index contributed by atoms with van der Waals surface area (Å²) < 4.78 is 47.5. The fourth-order valence-corrected chi connectivity index (χ4v) is 9.14. The summed E-state index contributed by atoms with van der Waals surface area (Å²) in [4.78, 5) is 36.5. The number of nitrogens with zero attached hydrogens (tertiary/aromatic N) is 6. The number of pyridine rings is 1. The summed E-state index contributed by atoms with van der Waals surface area (Å²) >= 11 is 0. The summed E-state index contributed by atoms with van der Waals surface area (Å²) in [5.41, 5.74) is 4.48. The standard InChI is InChI=1S/C37H46N6O7S/c1-27-28(7-5-15-38-27)25-39-20-22-42(23-21-39)51(46,47)41-18-13-31(14-19-41)50-32-9-10-33(35(24-32)48-2)36(44)40-16-11-30(12-17-40)43-34-8-4-3-6-29(34)26-49-37(43)45/h3-10,15,24,30-31H,11-14,16-23,25-26H2,1-2H3. The first-order chi connectivity index (χ1) is 24.7. The number of para-hydroxylation sites is 1. The van der Waals surface area contributed by atoms with Crippen LogP contribution >= 0.6 is 0 Å². The Morgan fingerprint density at radius 1 is 0.902 bits per heavy atom. The van der Waals surface area contributed by atoms with Crippen molar-refractivity contribution in [3.05, 3.63) is 83.2 Å². The first kappa shape index (κ1) is 35.2. The van der Waals surface area contributed by atoms with Crippen LogP contribution in [0.4, 0.5) is 10.5 Å². The number of benzene rings is 2. The van der Waals surface area contributed by atoms with Crippen LogP contribution in [0.1, 0.15) is 52.9 Å². The number of aryl methyl sites for hydroxylation is 1. The number of methoxy groups -OCH3 is 1. The number of hydrogen-bond acceptors (Lipinski definition) is 9. The Kier molecular flexibility index (Phi) is 10.5. The van der Waals surface area contributed by atoms with Crippen molar-refractivity contribution in [1.82, 2.24) is 23.4 Å². The first-order valence-corrected chi connectivity index (χ1v) is 19.2. The molecule has 1 aromatic heterocycles. The van der Waals surface area contributed by atoms with Crippen molar-refractivity contribution in [3.63, 3.8) is 0 Å². The molecule has 14 heteroatoms. The number of cyclic esters (lactones) is 1. The molecule has 4 aliphatic rings. The molecule has 51 heavy (non-hydrogen) atoms. The average Bonchev–Trinajstić information content (AvgIpc) is 3.16. The monoisotopic (exact) mass is 718 g/mol. The summed E-state index contributed by atoms with van der Waals surface area (Å²) in [6, 6.07) is 17.0. The minimum Gasteiger partial charge on any atom is -0.496 e. The molecule has 4 aliphatic heterocycles. The van der Waals surface area contributed by atoms with Gasteiger partial charge in [0.2, 0.25) is 0 Å². The summed E-state index contributed by atoms with van der Waals surface area (Å²) in [7, 11) is -2.03. The third-order valence-corrected chi connectivity index (χ3v) is 12.6. The van der Waals surface area contributed by atoms with E-state index < -0.39 is 10.2 Å². The highest BCUT2D eigenvalue weighted by molar-refractivity contribution is 7.86. The maximum Gasteiger partial charge on any atom is 0.414 e. The van der Waals surface area contributed by atoms with Crippen LogP contribution in [-0.2, 0) is 28.1 Å². The number of carbonyl (C=O) groups is 2. The Hall–Kier alpha value is -4.24. The molecule has 0 N–H and O–H groups in total. The van der Waals surface area contributed by atoms with Crippen LogP contribution in [0.25, 0.3) is 0 Å². The average molecular weight is 719 g/mol. The molecule has 2 aromatic carbocycles. The van der Waals surface area contributed by atoms with Gasteiger partial charge in [-0.1, -0.05) is 24.3 Å². The van der Waals surface area contributed by atoms with Gasteiger partial charge in [0.15, 0.2) is 0 Å². The highest BCUT2D eigenvalue weighted by Gasteiger charge is 2.37. The molecule has 3 saturated heterocycles. The van der Waals surface area contributed by atoms with Gasteiger partial charge in [0.05, 0.1) is 18.4 Å². The van der Waals surface area contributed by atoms with Crippen LogP contribution in [0.2, 0.25) is 0 Å². The summed E-state index contributed by atoms with van der Waals surface area (Å²) in [6.45, 7) is 7.08. The van der Waals surface area contributed by atoms with Crippen molar-refractivity contribution in [1.29, 1.82) is 0 Å². The number of piperidine rings is 2. The lowest BCUT2D eigenvalue weighted by Gasteiger charge is -2.40. The van der Waals surface area contributed by atoms with Gasteiger partial charge in [0.1, 0.15) is 24.2 Å². The lowest BCUT2D eigenvalue weighted by Crippen LogP contribution is -2.54. The summed E-state index contributed by atoms with van der Waals surface area (Å²) in [5, 5.41) is 0. The number of fused-ring (bicyclic) bond motifs is 1. The van der Waals surface area contributed by atoms with E-state index in [1.807, 2.05) is 37.3 Å². The van der Waals surface area contributed by atoms with E-state index in [1.54, 1.807) is 42.8 Å². The third kappa shape index (κ3) is 7.55. The number of amides is 2. The minimum absolute atomic E-state index is 0.0560. The molecule has 3 fully saturated rings. The van der Waals surface area contributed by atoms with E-state index in [-0.39, 0.29) is 30.8 Å². The molecule has 2 amide bonds. The maximum absolute atomic E-state index is 13.6. The van der Waals surface area contributed by atoms with Crippen molar-refractivity contribution in [2.24, 2.45) is 0 Å². The molecule has 13 nitrogen and oxygen atoms in total. The van der Waals surface area contributed by atoms with Gasteiger partial charge >= 0.3 is 6.09 Å². The number of ether oxygens (including phenoxy) is 3. The van der Waals surface area contributed by atoms with E-state index in [2.05, 4.69) is 16.0 Å². The van der Waals surface area contributed by atoms with Gasteiger partial charge in [0.25, 0.3) is 16.1 Å². The van der Waals surface area contributed by atoms with Crippen molar-refractivity contribution in [2.75, 3.05) is 64.4 Å². The van der Waals surface area contributed by atoms with E-state index in [9.17, 15) is 18.0 Å². The predicted molar refractivity (Wildman–Crippen MR) is 191 cm³/mol. The van der Waals surface area contributed by atoms with E-state index in [1.165, 1.54) is 12.7 Å². The first-order valence-electron chi connectivity index (χ1n) is 17.8. The van der Waals surface area contributed by atoms with Crippen molar-refractivity contribution in [3.8, 4) is 11.5 Å². The van der Waals surface area contributed by atoms with E-state index in [0.717, 1.165) is 23.5 Å². The van der Waals surface area contributed by atoms with Gasteiger partial charge in [-0.3, -0.25) is 19.6 Å². The van der Waals surface area contributed by atoms with Gasteiger partial charge < -0.3 is 19.1 Å². The normalized spacial score (nSPS) is 20.2. The molecule has 272 valence electrons. The van der Waals surface area contributed by atoms with Gasteiger partial charge in [-0.15, -0.1) is 0 Å². The molecule has 7 rings (SSSR count). The molecule has 3 aromatic rings. The Labute approximate surface area is 299 Å². The number of rotatable bonds is 9. The van der Waals surface area contributed by atoms with E-state index >= 15 is 0 Å². The van der Waals surface area contributed by atoms with E-state index in [4.69, 9.17) is 14.2 Å². The molecule has 0 unspecified atom stereocenters. The number of carbonyl (C=O) groups excluding carboxylic acids is 2. The number of hydrogen-bond donors (Lipinski definition) is 0. The summed E-state index contributed by atoms with van der Waals surface area (Å²) in [6.07, 6.45) is 3.68. The molecule has 5 heterocycles. The number of anilines is 1. The van der Waals surface area contributed by atoms with E-state index in [0.29, 0.717) is 95.1 Å². The molecule has 0 radical (unpaired) electrons. The highest BCUT2D eigenvalue weighted by atomic mass is 32.2. The fraction of sp³-hybridized carbons (Fsp3) is 0.486. The zero-order valence-corrected chi connectivity index (χ0v) is 30.1. The van der Waals surface area contributed by atoms with Crippen molar-refractivity contribution >= 4 is 27.9 Å². The van der Waals surface area contributed by atoms with Crippen molar-refractivity contribution < 1.29 is 32.2 Å². The van der Waals surface area contributed by atoms with Gasteiger partial charge in [0, 0.05) is 88.5 Å².